The predicted molar refractivity (Wildman–Crippen MR) is 86.2 cm³/mol. The standard InChI is InChI=1S/C19H16FNO2/c20-16-10-2-1-5-14(16)17-12-7-3-6-11(12)13-8-4-9-15(19(22)23)18(13)21-17/h1-6,8-12,17,21H,7H2,(H,22,23)/t11-,12-,17+/m1/s1. The summed E-state index contributed by atoms with van der Waals surface area (Å²) < 4.78 is 14.3. The molecule has 0 unspecified atom stereocenters. The van der Waals surface area contributed by atoms with Gasteiger partial charge in [0, 0.05) is 11.5 Å². The van der Waals surface area contributed by atoms with Crippen LogP contribution < -0.4 is 5.32 Å². The highest BCUT2D eigenvalue weighted by atomic mass is 19.1. The third-order valence-electron chi connectivity index (χ3n) is 4.87. The normalized spacial score (nSPS) is 24.7. The summed E-state index contributed by atoms with van der Waals surface area (Å²) in [5, 5.41) is 12.8. The molecule has 1 aliphatic heterocycles. The van der Waals surface area contributed by atoms with Gasteiger partial charge in [-0.2, -0.15) is 0 Å². The number of benzene rings is 2. The summed E-state index contributed by atoms with van der Waals surface area (Å²) in [4.78, 5) is 11.5. The van der Waals surface area contributed by atoms with E-state index in [1.54, 1.807) is 24.3 Å². The van der Waals surface area contributed by atoms with Crippen LogP contribution in [0.2, 0.25) is 0 Å². The first-order valence-corrected chi connectivity index (χ1v) is 7.70. The maximum atomic E-state index is 14.3. The summed E-state index contributed by atoms with van der Waals surface area (Å²) in [6, 6.07) is 11.8. The smallest absolute Gasteiger partial charge is 0.337 e. The van der Waals surface area contributed by atoms with E-state index in [4.69, 9.17) is 0 Å². The molecule has 3 nitrogen and oxygen atoms in total. The van der Waals surface area contributed by atoms with Crippen molar-refractivity contribution in [3.63, 3.8) is 0 Å². The van der Waals surface area contributed by atoms with Gasteiger partial charge in [0.25, 0.3) is 0 Å². The van der Waals surface area contributed by atoms with Crippen molar-refractivity contribution in [2.45, 2.75) is 18.4 Å². The highest BCUT2D eigenvalue weighted by Gasteiger charge is 2.40. The van der Waals surface area contributed by atoms with Gasteiger partial charge >= 0.3 is 5.97 Å². The quantitative estimate of drug-likeness (QED) is 0.811. The highest BCUT2D eigenvalue weighted by molar-refractivity contribution is 5.95. The van der Waals surface area contributed by atoms with Gasteiger partial charge in [0.05, 0.1) is 17.3 Å². The molecule has 2 aliphatic rings. The number of carbonyl (C=O) groups is 1. The van der Waals surface area contributed by atoms with E-state index in [0.29, 0.717) is 11.3 Å². The van der Waals surface area contributed by atoms with Crippen molar-refractivity contribution in [1.82, 2.24) is 0 Å². The minimum atomic E-state index is -0.970. The van der Waals surface area contributed by atoms with Crippen LogP contribution >= 0.6 is 0 Å². The molecule has 2 aromatic rings. The molecule has 1 heterocycles. The number of carboxylic acid groups (broad SMARTS) is 1. The molecular formula is C19H16FNO2. The molecule has 1 aliphatic carbocycles. The first-order chi connectivity index (χ1) is 11.2. The number of allylic oxidation sites excluding steroid dienone is 2. The Morgan fingerprint density at radius 2 is 1.91 bits per heavy atom. The summed E-state index contributed by atoms with van der Waals surface area (Å²) in [6.45, 7) is 0. The molecule has 0 saturated carbocycles. The van der Waals surface area contributed by atoms with Gasteiger partial charge in [0.2, 0.25) is 0 Å². The SMILES string of the molecule is O=C(O)c1cccc2c1N[C@H](c1ccccc1F)[C@@H]1CC=C[C@@H]21. The minimum absolute atomic E-state index is 0.121. The molecule has 0 radical (unpaired) electrons. The number of nitrogens with one attached hydrogen (secondary N) is 1. The number of rotatable bonds is 2. The molecule has 0 saturated heterocycles. The lowest BCUT2D eigenvalue weighted by atomic mass is 9.76. The molecule has 0 fully saturated rings. The van der Waals surface area contributed by atoms with Gasteiger partial charge in [-0.05, 0) is 30.0 Å². The Morgan fingerprint density at radius 3 is 2.70 bits per heavy atom. The van der Waals surface area contributed by atoms with E-state index in [0.717, 1.165) is 12.0 Å². The van der Waals surface area contributed by atoms with Crippen LogP contribution in [0.4, 0.5) is 10.1 Å². The van der Waals surface area contributed by atoms with Crippen LogP contribution in [0.3, 0.4) is 0 Å². The van der Waals surface area contributed by atoms with Gasteiger partial charge in [-0.1, -0.05) is 42.5 Å². The van der Waals surface area contributed by atoms with Crippen LogP contribution in [0, 0.1) is 11.7 Å². The van der Waals surface area contributed by atoms with Gasteiger partial charge in [0.15, 0.2) is 0 Å². The Labute approximate surface area is 133 Å². The fourth-order valence-corrected chi connectivity index (χ4v) is 3.83. The van der Waals surface area contributed by atoms with Crippen molar-refractivity contribution in [3.05, 3.63) is 77.1 Å². The summed E-state index contributed by atoms with van der Waals surface area (Å²) in [6.07, 6.45) is 5.07. The zero-order valence-electron chi connectivity index (χ0n) is 12.4. The third-order valence-corrected chi connectivity index (χ3v) is 4.87. The number of anilines is 1. The highest BCUT2D eigenvalue weighted by Crippen LogP contribution is 2.50. The molecule has 2 N–H and O–H groups in total. The molecule has 0 aromatic heterocycles. The van der Waals surface area contributed by atoms with Crippen LogP contribution in [-0.2, 0) is 0 Å². The van der Waals surface area contributed by atoms with Crippen LogP contribution in [0.1, 0.15) is 39.9 Å². The summed E-state index contributed by atoms with van der Waals surface area (Å²) in [7, 11) is 0. The molecule has 116 valence electrons. The molecule has 0 amide bonds. The Bertz CT molecular complexity index is 815. The number of hydrogen-bond acceptors (Lipinski definition) is 2. The number of halogens is 1. The number of carboxylic acids is 1. The lowest BCUT2D eigenvalue weighted by molar-refractivity contribution is 0.0697. The number of aromatic carboxylic acids is 1. The Kier molecular flexibility index (Phi) is 3.18. The van der Waals surface area contributed by atoms with Crippen molar-refractivity contribution in [2.24, 2.45) is 5.92 Å². The van der Waals surface area contributed by atoms with Gasteiger partial charge in [0.1, 0.15) is 5.82 Å². The second-order valence-electron chi connectivity index (χ2n) is 6.07. The van der Waals surface area contributed by atoms with Crippen LogP contribution in [0.5, 0.6) is 0 Å². The monoisotopic (exact) mass is 309 g/mol. The average molecular weight is 309 g/mol. The second-order valence-corrected chi connectivity index (χ2v) is 6.07. The van der Waals surface area contributed by atoms with E-state index < -0.39 is 5.97 Å². The minimum Gasteiger partial charge on any atom is -0.478 e. The molecule has 3 atom stereocenters. The van der Waals surface area contributed by atoms with Gasteiger partial charge in [-0.15, -0.1) is 0 Å². The van der Waals surface area contributed by atoms with Crippen molar-refractivity contribution in [2.75, 3.05) is 5.32 Å². The Morgan fingerprint density at radius 1 is 1.13 bits per heavy atom. The number of fused-ring (bicyclic) bond motifs is 3. The third kappa shape index (κ3) is 2.13. The Hall–Kier alpha value is -2.62. The van der Waals surface area contributed by atoms with Crippen LogP contribution in [0.15, 0.2) is 54.6 Å². The van der Waals surface area contributed by atoms with Crippen LogP contribution in [0.25, 0.3) is 0 Å². The first kappa shape index (κ1) is 14.0. The van der Waals surface area contributed by atoms with E-state index in [9.17, 15) is 14.3 Å². The van der Waals surface area contributed by atoms with Crippen molar-refractivity contribution in [3.8, 4) is 0 Å². The zero-order valence-corrected chi connectivity index (χ0v) is 12.4. The second kappa shape index (κ2) is 5.23. The first-order valence-electron chi connectivity index (χ1n) is 7.70. The maximum absolute atomic E-state index is 14.3. The molecule has 4 rings (SSSR count). The average Bonchev–Trinajstić information content (AvgIpc) is 3.04. The molecular weight excluding hydrogens is 293 g/mol. The molecule has 23 heavy (non-hydrogen) atoms. The van der Waals surface area contributed by atoms with Gasteiger partial charge < -0.3 is 10.4 Å². The van der Waals surface area contributed by atoms with E-state index in [1.807, 2.05) is 12.1 Å². The van der Waals surface area contributed by atoms with Crippen LogP contribution in [-0.4, -0.2) is 11.1 Å². The van der Waals surface area contributed by atoms with Crippen molar-refractivity contribution in [1.29, 1.82) is 0 Å². The fraction of sp³-hybridized carbons (Fsp3) is 0.211. The summed E-state index contributed by atoms with van der Waals surface area (Å²) >= 11 is 0. The summed E-state index contributed by atoms with van der Waals surface area (Å²) in [5.41, 5.74) is 2.43. The number of hydrogen-bond donors (Lipinski definition) is 2. The van der Waals surface area contributed by atoms with Crippen molar-refractivity contribution >= 4 is 11.7 Å². The predicted octanol–water partition coefficient (Wildman–Crippen LogP) is 4.35. The lowest BCUT2D eigenvalue weighted by Crippen LogP contribution is -2.30. The number of para-hydroxylation sites is 1. The van der Waals surface area contributed by atoms with E-state index in [2.05, 4.69) is 17.5 Å². The topological polar surface area (TPSA) is 49.3 Å². The van der Waals surface area contributed by atoms with Gasteiger partial charge in [-0.25, -0.2) is 9.18 Å². The van der Waals surface area contributed by atoms with E-state index in [1.165, 1.54) is 6.07 Å². The maximum Gasteiger partial charge on any atom is 0.337 e. The van der Waals surface area contributed by atoms with Crippen molar-refractivity contribution < 1.29 is 14.3 Å². The lowest BCUT2D eigenvalue weighted by Gasteiger charge is -2.38. The molecule has 0 spiro atoms. The van der Waals surface area contributed by atoms with E-state index in [-0.39, 0.29) is 29.3 Å². The Balaban J connectivity index is 1.87. The van der Waals surface area contributed by atoms with Gasteiger partial charge in [-0.3, -0.25) is 0 Å². The van der Waals surface area contributed by atoms with E-state index >= 15 is 0 Å². The molecule has 0 bridgehead atoms. The molecule has 2 aromatic carbocycles. The largest absolute Gasteiger partial charge is 0.478 e. The summed E-state index contributed by atoms with van der Waals surface area (Å²) in [5.74, 6) is -0.910. The molecule has 4 heteroatoms. The zero-order chi connectivity index (χ0) is 16.0. The fourth-order valence-electron chi connectivity index (χ4n) is 3.83.